The predicted octanol–water partition coefficient (Wildman–Crippen LogP) is 0.330. The Kier molecular flexibility index (Phi) is 6.60. The Balaban J connectivity index is 2.37. The van der Waals surface area contributed by atoms with Crippen molar-refractivity contribution in [1.82, 2.24) is 10.6 Å². The van der Waals surface area contributed by atoms with Gasteiger partial charge in [-0.25, -0.2) is 0 Å². The van der Waals surface area contributed by atoms with Gasteiger partial charge in [0.2, 0.25) is 11.8 Å². The summed E-state index contributed by atoms with van der Waals surface area (Å²) in [5.74, 6) is -0.143. The van der Waals surface area contributed by atoms with Gasteiger partial charge in [-0.1, -0.05) is 24.3 Å². The highest BCUT2D eigenvalue weighted by Crippen LogP contribution is 2.08. The van der Waals surface area contributed by atoms with E-state index in [4.69, 9.17) is 5.73 Å². The lowest BCUT2D eigenvalue weighted by Gasteiger charge is -2.08. The number of hydrogen-bond donors (Lipinski definition) is 3. The molecular formula is C14H21N3O2. The van der Waals surface area contributed by atoms with Gasteiger partial charge in [-0.15, -0.1) is 0 Å². The van der Waals surface area contributed by atoms with Gasteiger partial charge < -0.3 is 16.4 Å². The minimum atomic E-state index is -0.0924. The van der Waals surface area contributed by atoms with Crippen molar-refractivity contribution in [3.8, 4) is 0 Å². The second kappa shape index (κ2) is 8.26. The number of benzene rings is 1. The van der Waals surface area contributed by atoms with Crippen LogP contribution in [0.2, 0.25) is 0 Å². The molecule has 1 aromatic carbocycles. The molecule has 0 aliphatic carbocycles. The van der Waals surface area contributed by atoms with Crippen molar-refractivity contribution in [2.45, 2.75) is 26.3 Å². The number of amides is 2. The van der Waals surface area contributed by atoms with Gasteiger partial charge in [0.15, 0.2) is 0 Å². The zero-order valence-electron chi connectivity index (χ0n) is 11.2. The monoisotopic (exact) mass is 263 g/mol. The first-order valence-electron chi connectivity index (χ1n) is 6.47. The van der Waals surface area contributed by atoms with E-state index in [1.54, 1.807) is 0 Å². The number of nitrogens with one attached hydrogen (secondary N) is 2. The van der Waals surface area contributed by atoms with Crippen molar-refractivity contribution < 1.29 is 9.59 Å². The Hall–Kier alpha value is -1.88. The summed E-state index contributed by atoms with van der Waals surface area (Å²) in [6.45, 7) is 3.24. The Labute approximate surface area is 113 Å². The van der Waals surface area contributed by atoms with Crippen LogP contribution < -0.4 is 16.4 Å². The second-order valence-corrected chi connectivity index (χ2v) is 4.20. The summed E-state index contributed by atoms with van der Waals surface area (Å²) in [6, 6.07) is 7.60. The molecule has 0 saturated carbocycles. The van der Waals surface area contributed by atoms with Crippen LogP contribution in [0.4, 0.5) is 0 Å². The van der Waals surface area contributed by atoms with Crippen LogP contribution in [0.15, 0.2) is 24.3 Å². The van der Waals surface area contributed by atoms with Gasteiger partial charge in [0.05, 0.1) is 6.42 Å². The molecule has 1 rings (SSSR count). The van der Waals surface area contributed by atoms with E-state index in [1.165, 1.54) is 0 Å². The molecule has 0 fully saturated rings. The summed E-state index contributed by atoms with van der Waals surface area (Å²) in [4.78, 5) is 22.9. The molecule has 0 bridgehead atoms. The van der Waals surface area contributed by atoms with Crippen molar-refractivity contribution in [3.05, 3.63) is 35.4 Å². The number of nitrogens with two attached hydrogens (primary N) is 1. The molecule has 1 aromatic rings. The molecule has 19 heavy (non-hydrogen) atoms. The van der Waals surface area contributed by atoms with Gasteiger partial charge in [0.25, 0.3) is 0 Å². The van der Waals surface area contributed by atoms with Crippen molar-refractivity contribution >= 4 is 11.8 Å². The van der Waals surface area contributed by atoms with E-state index in [2.05, 4.69) is 10.6 Å². The molecule has 0 aliphatic heterocycles. The largest absolute Gasteiger partial charge is 0.356 e. The smallest absolute Gasteiger partial charge is 0.224 e. The van der Waals surface area contributed by atoms with Crippen LogP contribution in [-0.4, -0.2) is 24.9 Å². The maximum absolute atomic E-state index is 11.7. The molecule has 0 saturated heterocycles. The standard InChI is InChI=1S/C14H21N3O2/c1-2-16-13(18)7-8-17-14(19)9-11-5-3-4-6-12(11)10-15/h3-6H,2,7-10,15H2,1H3,(H,16,18)(H,17,19). The van der Waals surface area contributed by atoms with Crippen LogP contribution in [0.1, 0.15) is 24.5 Å². The molecule has 5 nitrogen and oxygen atoms in total. The SMILES string of the molecule is CCNC(=O)CCNC(=O)Cc1ccccc1CN. The number of rotatable bonds is 7. The van der Waals surface area contributed by atoms with Gasteiger partial charge in [-0.05, 0) is 18.1 Å². The molecule has 0 unspecified atom stereocenters. The topological polar surface area (TPSA) is 84.2 Å². The third-order valence-electron chi connectivity index (χ3n) is 2.74. The van der Waals surface area contributed by atoms with Crippen LogP contribution in [0.3, 0.4) is 0 Å². The minimum absolute atomic E-state index is 0.0508. The average molecular weight is 263 g/mol. The van der Waals surface area contributed by atoms with E-state index in [9.17, 15) is 9.59 Å². The molecular weight excluding hydrogens is 242 g/mol. The van der Waals surface area contributed by atoms with Crippen molar-refractivity contribution in [1.29, 1.82) is 0 Å². The van der Waals surface area contributed by atoms with E-state index >= 15 is 0 Å². The highest BCUT2D eigenvalue weighted by Gasteiger charge is 2.07. The minimum Gasteiger partial charge on any atom is -0.356 e. The molecule has 0 spiro atoms. The van der Waals surface area contributed by atoms with Gasteiger partial charge in [0.1, 0.15) is 0 Å². The third-order valence-corrected chi connectivity index (χ3v) is 2.74. The lowest BCUT2D eigenvalue weighted by atomic mass is 10.0. The molecule has 4 N–H and O–H groups in total. The van der Waals surface area contributed by atoms with Crippen LogP contribution in [0.5, 0.6) is 0 Å². The van der Waals surface area contributed by atoms with Crippen LogP contribution in [-0.2, 0) is 22.6 Å². The van der Waals surface area contributed by atoms with Crippen molar-refractivity contribution in [3.63, 3.8) is 0 Å². The van der Waals surface area contributed by atoms with E-state index in [-0.39, 0.29) is 11.8 Å². The number of hydrogen-bond acceptors (Lipinski definition) is 3. The summed E-state index contributed by atoms with van der Waals surface area (Å²) in [5.41, 5.74) is 7.52. The fraction of sp³-hybridized carbons (Fsp3) is 0.429. The summed E-state index contributed by atoms with van der Waals surface area (Å²) < 4.78 is 0. The van der Waals surface area contributed by atoms with E-state index in [0.29, 0.717) is 32.5 Å². The van der Waals surface area contributed by atoms with E-state index in [1.807, 2.05) is 31.2 Å². The molecule has 5 heteroatoms. The fourth-order valence-electron chi connectivity index (χ4n) is 1.77. The number of carbonyl (C=O) groups excluding carboxylic acids is 2. The Bertz CT molecular complexity index is 432. The Morgan fingerprint density at radius 2 is 1.79 bits per heavy atom. The Morgan fingerprint density at radius 1 is 1.11 bits per heavy atom. The first kappa shape index (κ1) is 15.2. The predicted molar refractivity (Wildman–Crippen MR) is 74.3 cm³/mol. The highest BCUT2D eigenvalue weighted by atomic mass is 16.2. The Morgan fingerprint density at radius 3 is 2.42 bits per heavy atom. The molecule has 104 valence electrons. The lowest BCUT2D eigenvalue weighted by Crippen LogP contribution is -2.31. The van der Waals surface area contributed by atoms with Crippen LogP contribution in [0, 0.1) is 0 Å². The van der Waals surface area contributed by atoms with Gasteiger partial charge >= 0.3 is 0 Å². The van der Waals surface area contributed by atoms with Gasteiger partial charge in [0, 0.05) is 26.1 Å². The fourth-order valence-corrected chi connectivity index (χ4v) is 1.77. The van der Waals surface area contributed by atoms with Crippen molar-refractivity contribution in [2.75, 3.05) is 13.1 Å². The molecule has 0 atom stereocenters. The second-order valence-electron chi connectivity index (χ2n) is 4.20. The lowest BCUT2D eigenvalue weighted by molar-refractivity contribution is -0.121. The maximum atomic E-state index is 11.7. The maximum Gasteiger partial charge on any atom is 0.224 e. The molecule has 0 heterocycles. The zero-order valence-corrected chi connectivity index (χ0v) is 11.2. The molecule has 2 amide bonds. The quantitative estimate of drug-likeness (QED) is 0.663. The third kappa shape index (κ3) is 5.52. The molecule has 0 aliphatic rings. The van der Waals surface area contributed by atoms with Crippen molar-refractivity contribution in [2.24, 2.45) is 5.73 Å². The highest BCUT2D eigenvalue weighted by molar-refractivity contribution is 5.80. The zero-order chi connectivity index (χ0) is 14.1. The summed E-state index contributed by atoms with van der Waals surface area (Å²) in [7, 11) is 0. The normalized spacial score (nSPS) is 10.0. The first-order valence-corrected chi connectivity index (χ1v) is 6.47. The summed E-state index contributed by atoms with van der Waals surface area (Å²) >= 11 is 0. The van der Waals surface area contributed by atoms with Gasteiger partial charge in [-0.3, -0.25) is 9.59 Å². The molecule has 0 radical (unpaired) electrons. The van der Waals surface area contributed by atoms with Gasteiger partial charge in [-0.2, -0.15) is 0 Å². The number of carbonyl (C=O) groups is 2. The summed E-state index contributed by atoms with van der Waals surface area (Å²) in [5, 5.41) is 5.41. The van der Waals surface area contributed by atoms with Crippen LogP contribution in [0.25, 0.3) is 0 Å². The average Bonchev–Trinajstić information content (AvgIpc) is 2.39. The van der Waals surface area contributed by atoms with E-state index in [0.717, 1.165) is 11.1 Å². The molecule has 0 aromatic heterocycles. The summed E-state index contributed by atoms with van der Waals surface area (Å²) in [6.07, 6.45) is 0.598. The van der Waals surface area contributed by atoms with E-state index < -0.39 is 0 Å². The first-order chi connectivity index (χ1) is 9.17. The van der Waals surface area contributed by atoms with Crippen LogP contribution >= 0.6 is 0 Å².